The number of ether oxygens (including phenoxy) is 1. The lowest BCUT2D eigenvalue weighted by Gasteiger charge is -2.08. The number of benzene rings is 2. The Morgan fingerprint density at radius 2 is 1.90 bits per heavy atom. The summed E-state index contributed by atoms with van der Waals surface area (Å²) in [6.07, 6.45) is 0. The van der Waals surface area contributed by atoms with Gasteiger partial charge in [0.15, 0.2) is 6.61 Å². The molecule has 0 aliphatic carbocycles. The average molecular weight is 414 g/mol. The van der Waals surface area contributed by atoms with E-state index in [-0.39, 0.29) is 24.1 Å². The van der Waals surface area contributed by atoms with Crippen molar-refractivity contribution in [3.63, 3.8) is 0 Å². The Labute approximate surface area is 167 Å². The van der Waals surface area contributed by atoms with Crippen molar-refractivity contribution >= 4 is 28.3 Å². The van der Waals surface area contributed by atoms with Crippen LogP contribution in [0.1, 0.15) is 11.5 Å². The predicted octanol–water partition coefficient (Wildman–Crippen LogP) is 4.29. The lowest BCUT2D eigenvalue weighted by atomic mass is 10.1. The second kappa shape index (κ2) is 7.36. The summed E-state index contributed by atoms with van der Waals surface area (Å²) in [5.41, 5.74) is 1.13. The maximum atomic E-state index is 11.6. The third kappa shape index (κ3) is 3.81. The summed E-state index contributed by atoms with van der Waals surface area (Å²) >= 11 is 6.26. The van der Waals surface area contributed by atoms with Crippen LogP contribution in [0.15, 0.2) is 56.1 Å². The molecule has 2 aromatic heterocycles. The molecule has 0 spiro atoms. The van der Waals surface area contributed by atoms with Crippen LogP contribution in [0.4, 0.5) is 5.69 Å². The summed E-state index contributed by atoms with van der Waals surface area (Å²) in [6.45, 7) is 1.72. The van der Waals surface area contributed by atoms with E-state index in [1.54, 1.807) is 13.0 Å². The second-order valence-corrected chi connectivity index (χ2v) is 6.53. The Kier molecular flexibility index (Phi) is 4.73. The van der Waals surface area contributed by atoms with E-state index in [1.807, 2.05) is 0 Å². The average Bonchev–Trinajstić information content (AvgIpc) is 3.16. The summed E-state index contributed by atoms with van der Waals surface area (Å²) in [4.78, 5) is 21.8. The molecule has 2 heterocycles. The molecule has 0 saturated heterocycles. The zero-order chi connectivity index (χ0) is 20.5. The zero-order valence-corrected chi connectivity index (χ0v) is 15.7. The van der Waals surface area contributed by atoms with Crippen LogP contribution in [0, 0.1) is 17.0 Å². The van der Waals surface area contributed by atoms with Crippen molar-refractivity contribution in [3.8, 4) is 17.2 Å². The summed E-state index contributed by atoms with van der Waals surface area (Å²) in [5.74, 6) is 0.674. The standard InChI is InChI=1S/C19H12ClN3O6/c1-10-6-18(24)28-15-8-16(14(20)7-13(10)15)27-9-17-21-22-19(29-17)11-2-4-12(5-3-11)23(25)26/h2-8H,9H2,1H3. The van der Waals surface area contributed by atoms with Gasteiger partial charge < -0.3 is 13.6 Å². The summed E-state index contributed by atoms with van der Waals surface area (Å²) in [6, 6.07) is 10.3. The molecule has 0 amide bonds. The van der Waals surface area contributed by atoms with E-state index >= 15 is 0 Å². The van der Waals surface area contributed by atoms with Crippen molar-refractivity contribution in [2.45, 2.75) is 13.5 Å². The van der Waals surface area contributed by atoms with Gasteiger partial charge in [-0.1, -0.05) is 11.6 Å². The van der Waals surface area contributed by atoms with E-state index in [1.165, 1.54) is 36.4 Å². The molecule has 29 heavy (non-hydrogen) atoms. The van der Waals surface area contributed by atoms with E-state index in [4.69, 9.17) is 25.2 Å². The number of non-ortho nitro benzene ring substituents is 1. The highest BCUT2D eigenvalue weighted by Crippen LogP contribution is 2.31. The maximum absolute atomic E-state index is 11.6. The van der Waals surface area contributed by atoms with Crippen LogP contribution < -0.4 is 10.4 Å². The SMILES string of the molecule is Cc1cc(=O)oc2cc(OCc3nnc(-c4ccc([N+](=O)[O-])cc4)o3)c(Cl)cc12. The topological polar surface area (TPSA) is 122 Å². The van der Waals surface area contributed by atoms with E-state index in [0.29, 0.717) is 27.3 Å². The number of nitro groups is 1. The second-order valence-electron chi connectivity index (χ2n) is 6.12. The number of hydrogen-bond donors (Lipinski definition) is 0. The number of halogens is 1. The van der Waals surface area contributed by atoms with Gasteiger partial charge in [-0.25, -0.2) is 4.79 Å². The van der Waals surface area contributed by atoms with Crippen molar-refractivity contribution in [2.24, 2.45) is 0 Å². The molecule has 10 heteroatoms. The minimum absolute atomic E-state index is 0.0374. The number of nitro benzene ring substituents is 1. The van der Waals surface area contributed by atoms with E-state index < -0.39 is 10.5 Å². The normalized spacial score (nSPS) is 11.0. The fourth-order valence-electron chi connectivity index (χ4n) is 2.72. The lowest BCUT2D eigenvalue weighted by Crippen LogP contribution is -2.00. The highest BCUT2D eigenvalue weighted by molar-refractivity contribution is 6.32. The van der Waals surface area contributed by atoms with Crippen LogP contribution in [-0.2, 0) is 6.61 Å². The maximum Gasteiger partial charge on any atom is 0.336 e. The minimum atomic E-state index is -0.492. The lowest BCUT2D eigenvalue weighted by molar-refractivity contribution is -0.384. The number of nitrogens with zero attached hydrogens (tertiary/aromatic N) is 3. The molecule has 0 saturated carbocycles. The molecule has 0 atom stereocenters. The smallest absolute Gasteiger partial charge is 0.336 e. The molecular formula is C19H12ClN3O6. The van der Waals surface area contributed by atoms with Crippen molar-refractivity contribution in [1.29, 1.82) is 0 Å². The van der Waals surface area contributed by atoms with Gasteiger partial charge in [-0.3, -0.25) is 10.1 Å². The van der Waals surface area contributed by atoms with Crippen LogP contribution in [-0.4, -0.2) is 15.1 Å². The third-order valence-electron chi connectivity index (χ3n) is 4.15. The van der Waals surface area contributed by atoms with Crippen LogP contribution in [0.5, 0.6) is 5.75 Å². The first-order chi connectivity index (χ1) is 13.9. The van der Waals surface area contributed by atoms with Crippen molar-refractivity contribution < 1.29 is 18.5 Å². The Bertz CT molecular complexity index is 1280. The van der Waals surface area contributed by atoms with Crippen LogP contribution >= 0.6 is 11.6 Å². The van der Waals surface area contributed by atoms with Gasteiger partial charge in [-0.2, -0.15) is 0 Å². The van der Waals surface area contributed by atoms with Gasteiger partial charge in [-0.05, 0) is 30.7 Å². The first-order valence-corrected chi connectivity index (χ1v) is 8.72. The minimum Gasteiger partial charge on any atom is -0.482 e. The number of aryl methyl sites for hydroxylation is 1. The first-order valence-electron chi connectivity index (χ1n) is 8.35. The molecular weight excluding hydrogens is 402 g/mol. The van der Waals surface area contributed by atoms with Gasteiger partial charge >= 0.3 is 5.63 Å². The molecule has 146 valence electrons. The Morgan fingerprint density at radius 1 is 1.14 bits per heavy atom. The molecule has 0 fully saturated rings. The Morgan fingerprint density at radius 3 is 2.62 bits per heavy atom. The number of aromatic nitrogens is 2. The third-order valence-corrected chi connectivity index (χ3v) is 4.44. The van der Waals surface area contributed by atoms with Crippen molar-refractivity contribution in [1.82, 2.24) is 10.2 Å². The molecule has 4 rings (SSSR count). The number of fused-ring (bicyclic) bond motifs is 1. The number of hydrogen-bond acceptors (Lipinski definition) is 8. The van der Waals surface area contributed by atoms with Gasteiger partial charge in [0.2, 0.25) is 5.89 Å². The molecule has 0 radical (unpaired) electrons. The summed E-state index contributed by atoms with van der Waals surface area (Å²) in [7, 11) is 0. The molecule has 4 aromatic rings. The molecule has 0 bridgehead atoms. The fraction of sp³-hybridized carbons (Fsp3) is 0.105. The molecule has 0 aliphatic heterocycles. The summed E-state index contributed by atoms with van der Waals surface area (Å²) < 4.78 is 16.3. The quantitative estimate of drug-likeness (QED) is 0.270. The van der Waals surface area contributed by atoms with Crippen LogP contribution in [0.2, 0.25) is 5.02 Å². The van der Waals surface area contributed by atoms with Gasteiger partial charge in [-0.15, -0.1) is 10.2 Å². The van der Waals surface area contributed by atoms with Gasteiger partial charge in [0.25, 0.3) is 11.6 Å². The van der Waals surface area contributed by atoms with E-state index in [0.717, 1.165) is 5.56 Å². The van der Waals surface area contributed by atoms with E-state index in [9.17, 15) is 14.9 Å². The van der Waals surface area contributed by atoms with Crippen LogP contribution in [0.3, 0.4) is 0 Å². The molecule has 0 N–H and O–H groups in total. The van der Waals surface area contributed by atoms with Gasteiger partial charge in [0, 0.05) is 35.2 Å². The molecule has 0 aliphatic rings. The molecule has 0 unspecified atom stereocenters. The molecule has 9 nitrogen and oxygen atoms in total. The van der Waals surface area contributed by atoms with E-state index in [2.05, 4.69) is 10.2 Å². The van der Waals surface area contributed by atoms with Crippen molar-refractivity contribution in [3.05, 3.63) is 79.5 Å². The monoisotopic (exact) mass is 413 g/mol. The Hall–Kier alpha value is -3.72. The molecule has 2 aromatic carbocycles. The highest BCUT2D eigenvalue weighted by atomic mass is 35.5. The highest BCUT2D eigenvalue weighted by Gasteiger charge is 2.14. The predicted molar refractivity (Wildman–Crippen MR) is 103 cm³/mol. The summed E-state index contributed by atoms with van der Waals surface area (Å²) in [5, 5.41) is 19.6. The van der Waals surface area contributed by atoms with Gasteiger partial charge in [0.1, 0.15) is 11.3 Å². The zero-order valence-electron chi connectivity index (χ0n) is 14.9. The van der Waals surface area contributed by atoms with Crippen LogP contribution in [0.25, 0.3) is 22.4 Å². The number of rotatable bonds is 5. The van der Waals surface area contributed by atoms with Crippen molar-refractivity contribution in [2.75, 3.05) is 0 Å². The fourth-order valence-corrected chi connectivity index (χ4v) is 2.94. The Balaban J connectivity index is 1.53. The first kappa shape index (κ1) is 18.6. The largest absolute Gasteiger partial charge is 0.482 e. The van der Waals surface area contributed by atoms with Gasteiger partial charge in [0.05, 0.1) is 9.95 Å².